The van der Waals surface area contributed by atoms with Crippen LogP contribution in [0.25, 0.3) is 11.3 Å². The number of nitrogens with two attached hydrogens (primary N) is 1. The highest BCUT2D eigenvalue weighted by atomic mass is 35.5. The van der Waals surface area contributed by atoms with Gasteiger partial charge in [0.2, 0.25) is 5.91 Å². The molecule has 2 saturated heterocycles. The van der Waals surface area contributed by atoms with Crippen molar-refractivity contribution in [2.75, 3.05) is 58.1 Å². The van der Waals surface area contributed by atoms with E-state index >= 15 is 0 Å². The van der Waals surface area contributed by atoms with Gasteiger partial charge in [-0.2, -0.15) is 0 Å². The van der Waals surface area contributed by atoms with Crippen molar-refractivity contribution in [3.8, 4) is 11.3 Å². The van der Waals surface area contributed by atoms with E-state index in [9.17, 15) is 19.5 Å². The molecule has 2 amide bonds. The van der Waals surface area contributed by atoms with Crippen LogP contribution in [0.1, 0.15) is 87.3 Å². The summed E-state index contributed by atoms with van der Waals surface area (Å²) in [6.07, 6.45) is 8.38. The second kappa shape index (κ2) is 18.1. The lowest BCUT2D eigenvalue weighted by Crippen LogP contribution is -2.58. The molecule has 3 aliphatic heterocycles. The van der Waals surface area contributed by atoms with Crippen molar-refractivity contribution in [1.82, 2.24) is 24.0 Å². The molecule has 16 heteroatoms. The summed E-state index contributed by atoms with van der Waals surface area (Å²) in [6, 6.07) is 16.5. The van der Waals surface area contributed by atoms with E-state index in [1.165, 1.54) is 21.9 Å². The van der Waals surface area contributed by atoms with Crippen molar-refractivity contribution in [2.24, 2.45) is 18.2 Å². The van der Waals surface area contributed by atoms with Crippen LogP contribution in [-0.4, -0.2) is 91.8 Å². The molecule has 68 heavy (non-hydrogen) atoms. The van der Waals surface area contributed by atoms with Gasteiger partial charge < -0.3 is 40.4 Å². The highest BCUT2D eigenvalue weighted by molar-refractivity contribution is 6.31. The number of hydrogen-bond acceptors (Lipinski definition) is 11. The number of anilines is 6. The number of aromatic nitrogens is 4. The lowest BCUT2D eigenvalue weighted by Gasteiger charge is -2.48. The molecular formula is C52H64ClN11O4. The maximum absolute atomic E-state index is 14.1. The number of aliphatic hydroxyl groups is 1. The Kier molecular flexibility index (Phi) is 12.6. The Bertz CT molecular complexity index is 2860. The number of halogens is 1. The first-order chi connectivity index (χ1) is 32.3. The number of aryl methyl sites for hydroxylation is 1. The van der Waals surface area contributed by atoms with Crippen LogP contribution in [-0.2, 0) is 43.4 Å². The molecule has 5 N–H and O–H groups in total. The first kappa shape index (κ1) is 47.1. The van der Waals surface area contributed by atoms with Crippen LogP contribution >= 0.6 is 11.6 Å². The van der Waals surface area contributed by atoms with E-state index in [0.29, 0.717) is 69.9 Å². The minimum Gasteiger partial charge on any atom is -0.392 e. The monoisotopic (exact) mass is 941 g/mol. The summed E-state index contributed by atoms with van der Waals surface area (Å²) in [7, 11) is 1.64. The van der Waals surface area contributed by atoms with E-state index in [4.69, 9.17) is 22.3 Å². The maximum Gasteiger partial charge on any atom is 0.293 e. The Balaban J connectivity index is 0.922. The van der Waals surface area contributed by atoms with Gasteiger partial charge >= 0.3 is 0 Å². The molecule has 0 bridgehead atoms. The fourth-order valence-corrected chi connectivity index (χ4v) is 11.4. The molecule has 4 aliphatic rings. The van der Waals surface area contributed by atoms with Crippen LogP contribution in [0.5, 0.6) is 0 Å². The van der Waals surface area contributed by atoms with Crippen molar-refractivity contribution >= 4 is 57.8 Å². The van der Waals surface area contributed by atoms with E-state index in [1.807, 2.05) is 44.2 Å². The van der Waals surface area contributed by atoms with Crippen LogP contribution in [0.2, 0.25) is 5.02 Å². The van der Waals surface area contributed by atoms with Crippen molar-refractivity contribution in [3.63, 3.8) is 0 Å². The molecule has 5 aromatic rings. The standard InChI is InChI=1S/C52H64ClN11O4/c1-9-46(66)57-41-24-34(10-13-43(41)62-19-18-60(28-32(62)3)35-15-17-61(31(2)22-35)36-11-12-40(53)39(25-36)52(6,7)54)56-47-50(68)59(8)29-42(58-47)37-14-16-55-48(38(37)30-65)64-21-20-63-44(49(64)67)23-33-26-51(4,5)27-45(33)63/h9-14,16,23-25,29,31-32,35,65H,1,15,17-22,26-28,30,54H2,2-8H3,(H,56,58)(H,57,66)/t31-,32-,35?/m0/s1. The summed E-state index contributed by atoms with van der Waals surface area (Å²) in [5.74, 6) is -0.105. The van der Waals surface area contributed by atoms with Crippen LogP contribution in [0.15, 0.2) is 78.4 Å². The number of nitrogens with one attached hydrogen (secondary N) is 2. The van der Waals surface area contributed by atoms with E-state index in [-0.39, 0.29) is 34.6 Å². The zero-order chi connectivity index (χ0) is 48.4. The number of hydrogen-bond donors (Lipinski definition) is 4. The van der Waals surface area contributed by atoms with Gasteiger partial charge in [0.05, 0.1) is 23.7 Å². The Labute approximate surface area is 403 Å². The lowest BCUT2D eigenvalue weighted by atomic mass is 9.90. The summed E-state index contributed by atoms with van der Waals surface area (Å²) in [6.45, 7) is 20.7. The Morgan fingerprint density at radius 3 is 2.53 bits per heavy atom. The Morgan fingerprint density at radius 1 is 1.01 bits per heavy atom. The van der Waals surface area contributed by atoms with E-state index in [0.717, 1.165) is 68.8 Å². The quantitative estimate of drug-likeness (QED) is 0.0988. The van der Waals surface area contributed by atoms with Gasteiger partial charge in [-0.25, -0.2) is 9.97 Å². The molecule has 0 radical (unpaired) electrons. The summed E-state index contributed by atoms with van der Waals surface area (Å²) in [5.41, 5.74) is 14.3. The third kappa shape index (κ3) is 8.92. The van der Waals surface area contributed by atoms with Gasteiger partial charge in [-0.1, -0.05) is 32.0 Å². The third-order valence-electron chi connectivity index (χ3n) is 14.4. The average Bonchev–Trinajstić information content (AvgIpc) is 3.79. The SMILES string of the molecule is C=CC(=O)Nc1cc(Nc2nc(-c3ccnc(N4CCn5c(cc6c5CC(C)(C)C6)C4=O)c3CO)cn(C)c2=O)ccc1N1CCN(C2CCN(c3ccc(Cl)c(C(C)(C)N)c3)[C@@H](C)C2)C[C@@H]1C. The first-order valence-electron chi connectivity index (χ1n) is 23.7. The third-order valence-corrected chi connectivity index (χ3v) is 14.8. The van der Waals surface area contributed by atoms with Crippen molar-refractivity contribution in [2.45, 2.75) is 104 Å². The van der Waals surface area contributed by atoms with Crippen LogP contribution in [0.4, 0.5) is 34.4 Å². The van der Waals surface area contributed by atoms with Gasteiger partial charge in [0, 0.05) is 116 Å². The summed E-state index contributed by atoms with van der Waals surface area (Å²) >= 11 is 6.56. The normalized spacial score (nSPS) is 20.6. The highest BCUT2D eigenvalue weighted by Gasteiger charge is 2.38. The number of carbonyl (C=O) groups excluding carboxylic acids is 2. The van der Waals surface area contributed by atoms with Gasteiger partial charge in [0.25, 0.3) is 11.5 Å². The Hall–Kier alpha value is -6.00. The molecule has 3 atom stereocenters. The molecule has 2 fully saturated rings. The van der Waals surface area contributed by atoms with E-state index < -0.39 is 12.1 Å². The number of nitrogens with zero attached hydrogens (tertiary/aromatic N) is 8. The molecule has 15 nitrogen and oxygen atoms in total. The molecule has 3 aromatic heterocycles. The molecule has 9 rings (SSSR count). The predicted octanol–water partition coefficient (Wildman–Crippen LogP) is 7.20. The first-order valence-corrected chi connectivity index (χ1v) is 24.1. The minimum atomic E-state index is -0.540. The van der Waals surface area contributed by atoms with Crippen molar-refractivity contribution in [1.29, 1.82) is 0 Å². The number of carbonyl (C=O) groups is 2. The Morgan fingerprint density at radius 2 is 1.81 bits per heavy atom. The minimum absolute atomic E-state index is 0.0484. The second-order valence-electron chi connectivity index (χ2n) is 20.5. The lowest BCUT2D eigenvalue weighted by molar-refractivity contribution is -0.111. The zero-order valence-electron chi connectivity index (χ0n) is 40.3. The number of fused-ring (bicyclic) bond motifs is 3. The van der Waals surface area contributed by atoms with Crippen LogP contribution in [0.3, 0.4) is 0 Å². The molecule has 6 heterocycles. The number of aliphatic hydroxyl groups excluding tert-OH is 1. The maximum atomic E-state index is 14.1. The molecule has 0 spiro atoms. The number of amides is 2. The number of benzene rings is 2. The fourth-order valence-electron chi connectivity index (χ4n) is 11.0. The molecule has 2 aromatic carbocycles. The van der Waals surface area contributed by atoms with Crippen LogP contribution in [0, 0.1) is 5.41 Å². The molecular weight excluding hydrogens is 878 g/mol. The summed E-state index contributed by atoms with van der Waals surface area (Å²) in [4.78, 5) is 59.1. The number of piperidine rings is 1. The largest absolute Gasteiger partial charge is 0.392 e. The average molecular weight is 943 g/mol. The molecule has 0 saturated carbocycles. The van der Waals surface area contributed by atoms with Gasteiger partial charge in [-0.05, 0) is 125 Å². The number of rotatable bonds is 11. The van der Waals surface area contributed by atoms with E-state index in [2.05, 4.69) is 81.3 Å². The topological polar surface area (TPSA) is 170 Å². The second-order valence-corrected chi connectivity index (χ2v) is 20.9. The summed E-state index contributed by atoms with van der Waals surface area (Å²) in [5, 5.41) is 17.8. The fraction of sp³-hybridized carbons (Fsp3) is 0.442. The van der Waals surface area contributed by atoms with Gasteiger partial charge in [-0.15, -0.1) is 0 Å². The van der Waals surface area contributed by atoms with Crippen molar-refractivity contribution < 1.29 is 14.7 Å². The van der Waals surface area contributed by atoms with Gasteiger partial charge in [0.1, 0.15) is 11.5 Å². The van der Waals surface area contributed by atoms with E-state index in [1.54, 1.807) is 30.4 Å². The predicted molar refractivity (Wildman–Crippen MR) is 271 cm³/mol. The van der Waals surface area contributed by atoms with Gasteiger partial charge in [0.15, 0.2) is 5.82 Å². The van der Waals surface area contributed by atoms with Gasteiger partial charge in [-0.3, -0.25) is 24.2 Å². The molecule has 358 valence electrons. The molecule has 1 unspecified atom stereocenters. The molecule has 1 aliphatic carbocycles. The smallest absolute Gasteiger partial charge is 0.293 e. The van der Waals surface area contributed by atoms with Crippen molar-refractivity contribution in [3.05, 3.63) is 117 Å². The summed E-state index contributed by atoms with van der Waals surface area (Å²) < 4.78 is 3.58. The van der Waals surface area contributed by atoms with Crippen LogP contribution < -0.4 is 36.6 Å². The zero-order valence-corrected chi connectivity index (χ0v) is 41.0. The number of piperazine rings is 1. The number of pyridine rings is 1. The highest BCUT2D eigenvalue weighted by Crippen LogP contribution is 2.41.